The number of nitrogens with zero attached hydrogens (tertiary/aromatic N) is 3. The normalized spacial score (nSPS) is 17.7. The summed E-state index contributed by atoms with van der Waals surface area (Å²) in [7, 11) is 0. The molecule has 0 radical (unpaired) electrons. The van der Waals surface area contributed by atoms with Gasteiger partial charge in [-0.1, -0.05) is 72.2 Å². The molecule has 0 saturated carbocycles. The Morgan fingerprint density at radius 2 is 1.91 bits per heavy atom. The topological polar surface area (TPSA) is 68.5 Å². The van der Waals surface area contributed by atoms with E-state index in [2.05, 4.69) is 53.7 Å². The van der Waals surface area contributed by atoms with Crippen LogP contribution in [0.15, 0.2) is 65.8 Å². The molecule has 1 aliphatic rings. The highest BCUT2D eigenvalue weighted by Crippen LogP contribution is 2.26. The third-order valence-electron chi connectivity index (χ3n) is 6.10. The quantitative estimate of drug-likeness (QED) is 0.520. The van der Waals surface area contributed by atoms with Crippen LogP contribution in [0, 0.1) is 12.8 Å². The van der Waals surface area contributed by atoms with Crippen LogP contribution in [0.25, 0.3) is 11.3 Å². The van der Waals surface area contributed by atoms with Crippen LogP contribution in [0.1, 0.15) is 54.8 Å². The van der Waals surface area contributed by atoms with Crippen molar-refractivity contribution in [3.05, 3.63) is 77.5 Å². The van der Waals surface area contributed by atoms with Crippen LogP contribution < -0.4 is 5.32 Å². The van der Waals surface area contributed by atoms with Crippen molar-refractivity contribution in [2.24, 2.45) is 11.1 Å². The van der Waals surface area contributed by atoms with Crippen LogP contribution >= 0.6 is 0 Å². The van der Waals surface area contributed by atoms with Crippen molar-refractivity contribution in [3.8, 4) is 11.3 Å². The predicted octanol–water partition coefficient (Wildman–Crippen LogP) is 5.19. The Balaban J connectivity index is 1.43. The molecule has 0 saturated heterocycles. The molecular formula is C27H32N4O2. The Morgan fingerprint density at radius 1 is 1.12 bits per heavy atom. The van der Waals surface area contributed by atoms with E-state index >= 15 is 0 Å². The molecule has 3 aromatic rings. The van der Waals surface area contributed by atoms with E-state index in [1.165, 1.54) is 11.1 Å². The first-order valence-electron chi connectivity index (χ1n) is 11.7. The maximum absolute atomic E-state index is 13.1. The third kappa shape index (κ3) is 5.16. The SMILES string of the molecule is CCC1C(CNC(=O)c2cc(-c3ccccc3)nn2C(C)C)=NOC1Cc1cccc(C)c1. The molecule has 6 heteroatoms. The number of carbonyl (C=O) groups is 1. The van der Waals surface area contributed by atoms with Crippen molar-refractivity contribution in [1.82, 2.24) is 15.1 Å². The molecule has 0 aliphatic carbocycles. The molecule has 6 nitrogen and oxygen atoms in total. The van der Waals surface area contributed by atoms with Crippen molar-refractivity contribution in [3.63, 3.8) is 0 Å². The van der Waals surface area contributed by atoms with Gasteiger partial charge in [0.25, 0.3) is 5.91 Å². The first-order valence-corrected chi connectivity index (χ1v) is 11.7. The van der Waals surface area contributed by atoms with Gasteiger partial charge in [0.15, 0.2) is 0 Å². The lowest BCUT2D eigenvalue weighted by atomic mass is 9.90. The van der Waals surface area contributed by atoms with Crippen LogP contribution in [0.2, 0.25) is 0 Å². The maximum Gasteiger partial charge on any atom is 0.269 e. The summed E-state index contributed by atoms with van der Waals surface area (Å²) in [5.41, 5.74) is 5.71. The second-order valence-electron chi connectivity index (χ2n) is 8.94. The summed E-state index contributed by atoms with van der Waals surface area (Å²) in [4.78, 5) is 18.9. The molecule has 1 aliphatic heterocycles. The van der Waals surface area contributed by atoms with Gasteiger partial charge in [-0.05, 0) is 38.8 Å². The van der Waals surface area contributed by atoms with E-state index in [9.17, 15) is 4.79 Å². The van der Waals surface area contributed by atoms with Gasteiger partial charge in [0.05, 0.1) is 18.0 Å². The van der Waals surface area contributed by atoms with Crippen LogP contribution in [0.3, 0.4) is 0 Å². The number of hydrogen-bond acceptors (Lipinski definition) is 4. The number of carbonyl (C=O) groups excluding carboxylic acids is 1. The van der Waals surface area contributed by atoms with E-state index in [4.69, 9.17) is 4.84 Å². The van der Waals surface area contributed by atoms with E-state index < -0.39 is 0 Å². The minimum Gasteiger partial charge on any atom is -0.391 e. The Kier molecular flexibility index (Phi) is 6.92. The Hall–Kier alpha value is -3.41. The average Bonchev–Trinajstić information content (AvgIpc) is 3.42. The van der Waals surface area contributed by atoms with Crippen LogP contribution in [0.5, 0.6) is 0 Å². The number of nitrogens with one attached hydrogen (secondary N) is 1. The summed E-state index contributed by atoms with van der Waals surface area (Å²) < 4.78 is 1.78. The Morgan fingerprint density at radius 3 is 2.61 bits per heavy atom. The standard InChI is InChI=1S/C27H32N4O2/c1-5-22-24(30-33-26(22)15-20-11-9-10-19(4)14-20)17-28-27(32)25-16-23(29-31(25)18(2)3)21-12-7-6-8-13-21/h6-14,16,18,22,26H,5,15,17H2,1-4H3,(H,28,32). The van der Waals surface area contributed by atoms with Crippen molar-refractivity contribution >= 4 is 11.6 Å². The number of benzene rings is 2. The van der Waals surface area contributed by atoms with E-state index in [1.807, 2.05) is 50.2 Å². The summed E-state index contributed by atoms with van der Waals surface area (Å²) in [6.07, 6.45) is 1.71. The number of aryl methyl sites for hydroxylation is 1. The largest absolute Gasteiger partial charge is 0.391 e. The summed E-state index contributed by atoms with van der Waals surface area (Å²) >= 11 is 0. The van der Waals surface area contributed by atoms with Crippen molar-refractivity contribution in [1.29, 1.82) is 0 Å². The first kappa shape index (κ1) is 22.8. The molecule has 2 aromatic carbocycles. The van der Waals surface area contributed by atoms with Crippen molar-refractivity contribution in [2.75, 3.05) is 6.54 Å². The third-order valence-corrected chi connectivity index (χ3v) is 6.10. The minimum atomic E-state index is -0.155. The molecule has 0 spiro atoms. The van der Waals surface area contributed by atoms with Gasteiger partial charge in [0, 0.05) is 23.9 Å². The Labute approximate surface area is 195 Å². The van der Waals surface area contributed by atoms with Crippen molar-refractivity contribution in [2.45, 2.75) is 52.7 Å². The highest BCUT2D eigenvalue weighted by Gasteiger charge is 2.33. The summed E-state index contributed by atoms with van der Waals surface area (Å²) in [6.45, 7) is 8.65. The highest BCUT2D eigenvalue weighted by atomic mass is 16.6. The van der Waals surface area contributed by atoms with Gasteiger partial charge in [0.2, 0.25) is 0 Å². The monoisotopic (exact) mass is 444 g/mol. The second kappa shape index (κ2) is 10.0. The summed E-state index contributed by atoms with van der Waals surface area (Å²) in [5, 5.41) is 12.1. The van der Waals surface area contributed by atoms with E-state index in [1.54, 1.807) is 4.68 Å². The van der Waals surface area contributed by atoms with E-state index in [0.717, 1.165) is 29.8 Å². The molecule has 1 N–H and O–H groups in total. The fourth-order valence-electron chi connectivity index (χ4n) is 4.37. The van der Waals surface area contributed by atoms with Gasteiger partial charge in [-0.3, -0.25) is 9.48 Å². The fourth-order valence-corrected chi connectivity index (χ4v) is 4.37. The fraction of sp³-hybridized carbons (Fsp3) is 0.370. The summed E-state index contributed by atoms with van der Waals surface area (Å²) in [5.74, 6) is 0.0266. The van der Waals surface area contributed by atoms with E-state index in [0.29, 0.717) is 12.2 Å². The van der Waals surface area contributed by atoms with E-state index in [-0.39, 0.29) is 24.0 Å². The zero-order valence-corrected chi connectivity index (χ0v) is 19.8. The van der Waals surface area contributed by atoms with Gasteiger partial charge >= 0.3 is 0 Å². The molecule has 4 rings (SSSR count). The molecular weight excluding hydrogens is 412 g/mol. The minimum absolute atomic E-state index is 0.00502. The number of amides is 1. The van der Waals surface area contributed by atoms with Crippen molar-refractivity contribution < 1.29 is 9.63 Å². The Bertz CT molecular complexity index is 1130. The lowest BCUT2D eigenvalue weighted by Gasteiger charge is -2.18. The number of oxime groups is 1. The molecule has 2 heterocycles. The first-order chi connectivity index (χ1) is 16.0. The highest BCUT2D eigenvalue weighted by molar-refractivity contribution is 5.98. The smallest absolute Gasteiger partial charge is 0.269 e. The van der Waals surface area contributed by atoms with Gasteiger partial charge in [-0.15, -0.1) is 0 Å². The molecule has 2 atom stereocenters. The molecule has 1 amide bonds. The number of aromatic nitrogens is 2. The second-order valence-corrected chi connectivity index (χ2v) is 8.94. The zero-order chi connectivity index (χ0) is 23.4. The maximum atomic E-state index is 13.1. The molecule has 172 valence electrons. The van der Waals surface area contributed by atoms with Gasteiger partial charge in [0.1, 0.15) is 11.8 Å². The molecule has 1 aromatic heterocycles. The van der Waals surface area contributed by atoms with Crippen LogP contribution in [0.4, 0.5) is 0 Å². The van der Waals surface area contributed by atoms with Gasteiger partial charge < -0.3 is 10.2 Å². The van der Waals surface area contributed by atoms with Gasteiger partial charge in [-0.2, -0.15) is 5.10 Å². The molecule has 2 unspecified atom stereocenters. The average molecular weight is 445 g/mol. The number of rotatable bonds is 8. The molecule has 0 bridgehead atoms. The predicted molar refractivity (Wildman–Crippen MR) is 131 cm³/mol. The lowest BCUT2D eigenvalue weighted by molar-refractivity contribution is 0.0614. The lowest BCUT2D eigenvalue weighted by Crippen LogP contribution is -2.35. The van der Waals surface area contributed by atoms with Crippen LogP contribution in [-0.4, -0.2) is 34.0 Å². The van der Waals surface area contributed by atoms with Crippen LogP contribution in [-0.2, 0) is 11.3 Å². The number of hydrogen-bond donors (Lipinski definition) is 1. The van der Waals surface area contributed by atoms with Gasteiger partial charge in [-0.25, -0.2) is 0 Å². The molecule has 33 heavy (non-hydrogen) atoms. The zero-order valence-electron chi connectivity index (χ0n) is 19.8. The molecule has 0 fully saturated rings. The summed E-state index contributed by atoms with van der Waals surface area (Å²) in [6, 6.07) is 20.3.